The molecule has 0 radical (unpaired) electrons. The average Bonchev–Trinajstić information content (AvgIpc) is 3.04. The Labute approximate surface area is 100 Å². The summed E-state index contributed by atoms with van der Waals surface area (Å²) >= 11 is 0. The van der Waals surface area contributed by atoms with Crippen molar-refractivity contribution in [3.05, 3.63) is 0 Å². The minimum absolute atomic E-state index is 0.374. The Balaban J connectivity index is 1.72. The van der Waals surface area contributed by atoms with Gasteiger partial charge in [0.15, 0.2) is 0 Å². The molecule has 0 aliphatic heterocycles. The predicted molar refractivity (Wildman–Crippen MR) is 67.5 cm³/mol. The third-order valence-electron chi connectivity index (χ3n) is 3.96. The molecule has 0 aromatic rings. The van der Waals surface area contributed by atoms with Gasteiger partial charge in [-0.2, -0.15) is 0 Å². The molecule has 2 aliphatic rings. The van der Waals surface area contributed by atoms with Crippen molar-refractivity contribution in [1.29, 1.82) is 0 Å². The monoisotopic (exact) mass is 225 g/mol. The van der Waals surface area contributed by atoms with E-state index < -0.39 is 0 Å². The van der Waals surface area contributed by atoms with Crippen LogP contribution in [0.4, 0.5) is 0 Å². The van der Waals surface area contributed by atoms with Crippen molar-refractivity contribution in [3.8, 4) is 0 Å². The summed E-state index contributed by atoms with van der Waals surface area (Å²) in [7, 11) is 0. The summed E-state index contributed by atoms with van der Waals surface area (Å²) in [5, 5.41) is 3.58. The zero-order valence-corrected chi connectivity index (χ0v) is 11.1. The smallest absolute Gasteiger partial charge is 0.0534 e. The van der Waals surface area contributed by atoms with E-state index in [0.717, 1.165) is 31.6 Å². The number of hydrogen-bond acceptors (Lipinski definition) is 2. The number of hydrogen-bond donors (Lipinski definition) is 1. The molecule has 0 heterocycles. The molecule has 0 bridgehead atoms. The first-order chi connectivity index (χ1) is 7.60. The first-order valence-corrected chi connectivity index (χ1v) is 6.91. The molecule has 1 N–H and O–H groups in total. The topological polar surface area (TPSA) is 21.3 Å². The van der Waals surface area contributed by atoms with E-state index in [0.29, 0.717) is 11.5 Å². The quantitative estimate of drug-likeness (QED) is 0.686. The Morgan fingerprint density at radius 1 is 1.25 bits per heavy atom. The number of nitrogens with one attached hydrogen (secondary N) is 1. The molecular weight excluding hydrogens is 198 g/mol. The Hall–Kier alpha value is -0.0800. The van der Waals surface area contributed by atoms with Crippen molar-refractivity contribution in [3.63, 3.8) is 0 Å². The summed E-state index contributed by atoms with van der Waals surface area (Å²) in [6.45, 7) is 9.90. The molecule has 0 aromatic carbocycles. The van der Waals surface area contributed by atoms with E-state index in [1.54, 1.807) is 0 Å². The van der Waals surface area contributed by atoms with Gasteiger partial charge in [-0.3, -0.25) is 0 Å². The number of rotatable bonds is 8. The standard InChI is InChI=1S/C14H27NO/c1-11(2)15-9-14(3,13-6-7-13)10-16-8-12-4-5-12/h11-13,15H,4-10H2,1-3H3. The van der Waals surface area contributed by atoms with Gasteiger partial charge in [0, 0.05) is 24.6 Å². The highest BCUT2D eigenvalue weighted by Crippen LogP contribution is 2.45. The van der Waals surface area contributed by atoms with Crippen LogP contribution in [-0.2, 0) is 4.74 Å². The third kappa shape index (κ3) is 3.74. The molecule has 2 rings (SSSR count). The van der Waals surface area contributed by atoms with Crippen molar-refractivity contribution in [1.82, 2.24) is 5.32 Å². The Morgan fingerprint density at radius 2 is 1.94 bits per heavy atom. The van der Waals surface area contributed by atoms with Crippen LogP contribution >= 0.6 is 0 Å². The lowest BCUT2D eigenvalue weighted by atomic mass is 9.85. The van der Waals surface area contributed by atoms with Crippen LogP contribution in [0, 0.1) is 17.3 Å². The van der Waals surface area contributed by atoms with E-state index in [2.05, 4.69) is 26.1 Å². The SMILES string of the molecule is CC(C)NCC(C)(COCC1CC1)C1CC1. The molecule has 2 saturated carbocycles. The van der Waals surface area contributed by atoms with Crippen LogP contribution in [0.3, 0.4) is 0 Å². The molecule has 16 heavy (non-hydrogen) atoms. The molecule has 94 valence electrons. The van der Waals surface area contributed by atoms with Crippen molar-refractivity contribution < 1.29 is 4.74 Å². The van der Waals surface area contributed by atoms with E-state index in [-0.39, 0.29) is 0 Å². The van der Waals surface area contributed by atoms with Gasteiger partial charge in [-0.15, -0.1) is 0 Å². The van der Waals surface area contributed by atoms with Crippen molar-refractivity contribution >= 4 is 0 Å². The lowest BCUT2D eigenvalue weighted by Gasteiger charge is -2.31. The van der Waals surface area contributed by atoms with Gasteiger partial charge in [-0.25, -0.2) is 0 Å². The first kappa shape index (κ1) is 12.4. The Kier molecular flexibility index (Phi) is 3.91. The molecule has 2 fully saturated rings. The van der Waals surface area contributed by atoms with Gasteiger partial charge in [0.1, 0.15) is 0 Å². The van der Waals surface area contributed by atoms with E-state index in [9.17, 15) is 0 Å². The normalized spacial score (nSPS) is 24.8. The van der Waals surface area contributed by atoms with Gasteiger partial charge >= 0.3 is 0 Å². The van der Waals surface area contributed by atoms with Crippen LogP contribution in [0.2, 0.25) is 0 Å². The maximum atomic E-state index is 5.92. The molecule has 1 unspecified atom stereocenters. The van der Waals surface area contributed by atoms with Gasteiger partial charge in [0.05, 0.1) is 6.61 Å². The van der Waals surface area contributed by atoms with Gasteiger partial charge < -0.3 is 10.1 Å². The highest BCUT2D eigenvalue weighted by Gasteiger charge is 2.41. The molecule has 2 aliphatic carbocycles. The van der Waals surface area contributed by atoms with Crippen LogP contribution in [0.1, 0.15) is 46.5 Å². The summed E-state index contributed by atoms with van der Waals surface area (Å²) in [6.07, 6.45) is 5.60. The molecule has 0 aromatic heterocycles. The zero-order valence-electron chi connectivity index (χ0n) is 11.1. The molecule has 0 saturated heterocycles. The zero-order chi connectivity index (χ0) is 11.6. The fourth-order valence-electron chi connectivity index (χ4n) is 2.27. The van der Waals surface area contributed by atoms with Crippen molar-refractivity contribution in [2.24, 2.45) is 17.3 Å². The third-order valence-corrected chi connectivity index (χ3v) is 3.96. The van der Waals surface area contributed by atoms with Crippen LogP contribution in [0.15, 0.2) is 0 Å². The summed E-state index contributed by atoms with van der Waals surface area (Å²) in [5.74, 6) is 1.79. The summed E-state index contributed by atoms with van der Waals surface area (Å²) in [4.78, 5) is 0. The average molecular weight is 225 g/mol. The van der Waals surface area contributed by atoms with Gasteiger partial charge in [-0.1, -0.05) is 20.8 Å². The minimum atomic E-state index is 0.374. The second-order valence-corrected chi connectivity index (χ2v) is 6.42. The van der Waals surface area contributed by atoms with Crippen LogP contribution in [0.5, 0.6) is 0 Å². The summed E-state index contributed by atoms with van der Waals surface area (Å²) < 4.78 is 5.92. The fraction of sp³-hybridized carbons (Fsp3) is 1.00. The van der Waals surface area contributed by atoms with Crippen molar-refractivity contribution in [2.45, 2.75) is 52.5 Å². The molecule has 2 nitrogen and oxygen atoms in total. The molecule has 2 heteroatoms. The molecule has 0 spiro atoms. The van der Waals surface area contributed by atoms with Crippen LogP contribution in [0.25, 0.3) is 0 Å². The van der Waals surface area contributed by atoms with Gasteiger partial charge in [-0.05, 0) is 37.5 Å². The lowest BCUT2D eigenvalue weighted by molar-refractivity contribution is 0.0338. The van der Waals surface area contributed by atoms with E-state index in [1.165, 1.54) is 25.7 Å². The lowest BCUT2D eigenvalue weighted by Crippen LogP contribution is -2.40. The predicted octanol–water partition coefficient (Wildman–Crippen LogP) is 2.83. The largest absolute Gasteiger partial charge is 0.381 e. The van der Waals surface area contributed by atoms with Gasteiger partial charge in [0.25, 0.3) is 0 Å². The maximum absolute atomic E-state index is 5.92. The maximum Gasteiger partial charge on any atom is 0.0534 e. The summed E-state index contributed by atoms with van der Waals surface area (Å²) in [5.41, 5.74) is 0.374. The van der Waals surface area contributed by atoms with Crippen LogP contribution in [-0.4, -0.2) is 25.8 Å². The molecular formula is C14H27NO. The summed E-state index contributed by atoms with van der Waals surface area (Å²) in [6, 6.07) is 0.585. The highest BCUT2D eigenvalue weighted by molar-refractivity contribution is 4.93. The second-order valence-electron chi connectivity index (χ2n) is 6.42. The van der Waals surface area contributed by atoms with E-state index in [4.69, 9.17) is 4.74 Å². The molecule has 1 atom stereocenters. The molecule has 0 amide bonds. The van der Waals surface area contributed by atoms with Gasteiger partial charge in [0.2, 0.25) is 0 Å². The minimum Gasteiger partial charge on any atom is -0.381 e. The highest BCUT2D eigenvalue weighted by atomic mass is 16.5. The fourth-order valence-corrected chi connectivity index (χ4v) is 2.27. The second kappa shape index (κ2) is 5.05. The van der Waals surface area contributed by atoms with E-state index in [1.807, 2.05) is 0 Å². The Morgan fingerprint density at radius 3 is 2.44 bits per heavy atom. The first-order valence-electron chi connectivity index (χ1n) is 6.91. The van der Waals surface area contributed by atoms with E-state index >= 15 is 0 Å². The Bertz CT molecular complexity index is 221. The van der Waals surface area contributed by atoms with Crippen molar-refractivity contribution in [2.75, 3.05) is 19.8 Å². The van der Waals surface area contributed by atoms with Crippen LogP contribution < -0.4 is 5.32 Å². The number of ether oxygens (including phenoxy) is 1.